The van der Waals surface area contributed by atoms with Gasteiger partial charge in [0.05, 0.1) is 10.9 Å². The van der Waals surface area contributed by atoms with Crippen LogP contribution in [0.5, 0.6) is 5.75 Å². The number of ether oxygens (including phenoxy) is 1. The number of halogens is 3. The van der Waals surface area contributed by atoms with Gasteiger partial charge in [0.2, 0.25) is 0 Å². The molecule has 96 valence electrons. The van der Waals surface area contributed by atoms with Gasteiger partial charge in [-0.15, -0.1) is 0 Å². The van der Waals surface area contributed by atoms with Crippen LogP contribution in [0.25, 0.3) is 10.9 Å². The van der Waals surface area contributed by atoms with E-state index in [4.69, 9.17) is 10.5 Å². The number of nitrogens with two attached hydrogens (primary N) is 1. The monoisotopic (exact) mass is 257 g/mol. The summed E-state index contributed by atoms with van der Waals surface area (Å²) in [5.41, 5.74) is 6.14. The number of benzene rings is 1. The zero-order chi connectivity index (χ0) is 13.3. The van der Waals surface area contributed by atoms with E-state index in [0.717, 1.165) is 0 Å². The Kier molecular flexibility index (Phi) is 2.98. The first kappa shape index (κ1) is 12.4. The minimum atomic E-state index is -4.40. The first-order chi connectivity index (χ1) is 8.37. The van der Waals surface area contributed by atoms with Crippen LogP contribution in [0.4, 0.5) is 19.0 Å². The molecule has 0 spiro atoms. The molecular weight excluding hydrogens is 247 g/mol. The third-order valence-electron chi connectivity index (χ3n) is 2.22. The third kappa shape index (κ3) is 2.61. The number of nitrogens with zero attached hydrogens (tertiary/aromatic N) is 2. The molecule has 1 aromatic heterocycles. The maximum Gasteiger partial charge on any atom is 0.422 e. The lowest BCUT2D eigenvalue weighted by atomic mass is 10.2. The molecule has 0 fully saturated rings. The molecule has 0 amide bonds. The van der Waals surface area contributed by atoms with Crippen LogP contribution in [-0.2, 0) is 0 Å². The van der Waals surface area contributed by atoms with Gasteiger partial charge in [0.1, 0.15) is 17.4 Å². The molecule has 0 unspecified atom stereocenters. The molecule has 0 aliphatic rings. The summed E-state index contributed by atoms with van der Waals surface area (Å²) >= 11 is 0. The number of nitrogen functional groups attached to an aromatic ring is 1. The highest BCUT2D eigenvalue weighted by molar-refractivity contribution is 5.93. The second kappa shape index (κ2) is 4.32. The van der Waals surface area contributed by atoms with Crippen molar-refractivity contribution in [3.63, 3.8) is 0 Å². The summed E-state index contributed by atoms with van der Waals surface area (Å²) in [5.74, 6) is 0.588. The maximum atomic E-state index is 12.1. The van der Waals surface area contributed by atoms with Crippen LogP contribution in [0.1, 0.15) is 5.82 Å². The molecular formula is C11H10F3N3O. The van der Waals surface area contributed by atoms with Gasteiger partial charge in [0.25, 0.3) is 0 Å². The number of anilines is 1. The van der Waals surface area contributed by atoms with Crippen molar-refractivity contribution in [3.8, 4) is 5.75 Å². The predicted octanol–water partition coefficient (Wildman–Crippen LogP) is 2.46. The van der Waals surface area contributed by atoms with Crippen LogP contribution in [0.2, 0.25) is 0 Å². The Hall–Kier alpha value is -2.05. The number of fused-ring (bicyclic) bond motifs is 1. The van der Waals surface area contributed by atoms with E-state index in [1.807, 2.05) is 0 Å². The topological polar surface area (TPSA) is 61.0 Å². The van der Waals surface area contributed by atoms with Gasteiger partial charge >= 0.3 is 6.18 Å². The summed E-state index contributed by atoms with van der Waals surface area (Å²) in [7, 11) is 0. The lowest BCUT2D eigenvalue weighted by Gasteiger charge is -2.12. The molecule has 0 bridgehead atoms. The van der Waals surface area contributed by atoms with Gasteiger partial charge in [0, 0.05) is 0 Å². The number of aromatic nitrogens is 2. The van der Waals surface area contributed by atoms with Gasteiger partial charge in [-0.1, -0.05) is 6.07 Å². The minimum Gasteiger partial charge on any atom is -0.483 e. The number of alkyl halides is 3. The van der Waals surface area contributed by atoms with E-state index >= 15 is 0 Å². The van der Waals surface area contributed by atoms with E-state index in [0.29, 0.717) is 16.7 Å². The standard InChI is InChI=1S/C11H10F3N3O/c1-6-16-7-3-2-4-8(9(7)10(15)17-6)18-5-11(12,13)14/h2-4H,5H2,1H3,(H2,15,16,17). The van der Waals surface area contributed by atoms with Crippen LogP contribution >= 0.6 is 0 Å². The van der Waals surface area contributed by atoms with Gasteiger partial charge in [-0.3, -0.25) is 0 Å². The fourth-order valence-corrected chi connectivity index (χ4v) is 1.58. The molecule has 0 saturated carbocycles. The van der Waals surface area contributed by atoms with E-state index in [2.05, 4.69) is 9.97 Å². The Morgan fingerprint density at radius 2 is 2.00 bits per heavy atom. The van der Waals surface area contributed by atoms with Gasteiger partial charge in [0.15, 0.2) is 6.61 Å². The summed E-state index contributed by atoms with van der Waals surface area (Å²) in [5, 5.41) is 0.298. The zero-order valence-electron chi connectivity index (χ0n) is 9.45. The largest absolute Gasteiger partial charge is 0.483 e. The molecule has 0 aliphatic carbocycles. The molecule has 4 nitrogen and oxygen atoms in total. The Morgan fingerprint density at radius 1 is 1.28 bits per heavy atom. The van der Waals surface area contributed by atoms with Crippen LogP contribution < -0.4 is 10.5 Å². The second-order valence-electron chi connectivity index (χ2n) is 3.71. The van der Waals surface area contributed by atoms with E-state index in [1.165, 1.54) is 6.07 Å². The Morgan fingerprint density at radius 3 is 2.67 bits per heavy atom. The zero-order valence-corrected chi connectivity index (χ0v) is 9.45. The maximum absolute atomic E-state index is 12.1. The second-order valence-corrected chi connectivity index (χ2v) is 3.71. The molecule has 1 aromatic carbocycles. The van der Waals surface area contributed by atoms with E-state index in [1.54, 1.807) is 19.1 Å². The number of hydrogen-bond acceptors (Lipinski definition) is 4. The predicted molar refractivity (Wildman–Crippen MR) is 60.2 cm³/mol. The molecule has 2 rings (SSSR count). The van der Waals surface area contributed by atoms with Crippen molar-refractivity contribution in [2.45, 2.75) is 13.1 Å². The van der Waals surface area contributed by atoms with Crippen molar-refractivity contribution in [3.05, 3.63) is 24.0 Å². The molecule has 0 saturated heterocycles. The van der Waals surface area contributed by atoms with Crippen molar-refractivity contribution in [1.29, 1.82) is 0 Å². The molecule has 18 heavy (non-hydrogen) atoms. The summed E-state index contributed by atoms with van der Waals surface area (Å²) in [4.78, 5) is 8.00. The molecule has 2 aromatic rings. The lowest BCUT2D eigenvalue weighted by Crippen LogP contribution is -2.19. The molecule has 0 radical (unpaired) electrons. The smallest absolute Gasteiger partial charge is 0.422 e. The molecule has 0 aliphatic heterocycles. The highest BCUT2D eigenvalue weighted by atomic mass is 19.4. The fourth-order valence-electron chi connectivity index (χ4n) is 1.58. The van der Waals surface area contributed by atoms with Gasteiger partial charge in [-0.2, -0.15) is 13.2 Å². The molecule has 2 N–H and O–H groups in total. The van der Waals surface area contributed by atoms with Crippen molar-refractivity contribution in [2.75, 3.05) is 12.3 Å². The normalized spacial score (nSPS) is 11.8. The highest BCUT2D eigenvalue weighted by Crippen LogP contribution is 2.29. The third-order valence-corrected chi connectivity index (χ3v) is 2.22. The summed E-state index contributed by atoms with van der Waals surface area (Å²) < 4.78 is 41.1. The first-order valence-corrected chi connectivity index (χ1v) is 5.09. The fraction of sp³-hybridized carbons (Fsp3) is 0.273. The highest BCUT2D eigenvalue weighted by Gasteiger charge is 2.28. The summed E-state index contributed by atoms with van der Waals surface area (Å²) in [6.07, 6.45) is -4.40. The molecule has 7 heteroatoms. The van der Waals surface area contributed by atoms with Crippen LogP contribution in [0.3, 0.4) is 0 Å². The van der Waals surface area contributed by atoms with Crippen molar-refractivity contribution in [1.82, 2.24) is 9.97 Å². The van der Waals surface area contributed by atoms with E-state index in [9.17, 15) is 13.2 Å². The SMILES string of the molecule is Cc1nc(N)c2c(OCC(F)(F)F)cccc2n1. The van der Waals surface area contributed by atoms with Crippen LogP contribution in [0.15, 0.2) is 18.2 Å². The van der Waals surface area contributed by atoms with Crippen molar-refractivity contribution in [2.24, 2.45) is 0 Å². The quantitative estimate of drug-likeness (QED) is 0.897. The summed E-state index contributed by atoms with van der Waals surface area (Å²) in [6.45, 7) is 0.276. The Balaban J connectivity index is 2.45. The molecule has 1 heterocycles. The average Bonchev–Trinajstić information content (AvgIpc) is 2.24. The van der Waals surface area contributed by atoms with E-state index in [-0.39, 0.29) is 11.6 Å². The van der Waals surface area contributed by atoms with Crippen LogP contribution in [0, 0.1) is 6.92 Å². The van der Waals surface area contributed by atoms with Gasteiger partial charge < -0.3 is 10.5 Å². The molecule has 0 atom stereocenters. The summed E-state index contributed by atoms with van der Waals surface area (Å²) in [6, 6.07) is 4.60. The number of hydrogen-bond donors (Lipinski definition) is 1. The minimum absolute atomic E-state index is 0.0299. The number of rotatable bonds is 2. The van der Waals surface area contributed by atoms with Crippen LogP contribution in [-0.4, -0.2) is 22.8 Å². The van der Waals surface area contributed by atoms with E-state index < -0.39 is 12.8 Å². The lowest BCUT2D eigenvalue weighted by molar-refractivity contribution is -0.153. The number of aryl methyl sites for hydroxylation is 1. The van der Waals surface area contributed by atoms with Gasteiger partial charge in [-0.25, -0.2) is 9.97 Å². The van der Waals surface area contributed by atoms with Gasteiger partial charge in [-0.05, 0) is 19.1 Å². The average molecular weight is 257 g/mol. The Bertz CT molecular complexity index is 583. The Labute approximate surface area is 101 Å². The first-order valence-electron chi connectivity index (χ1n) is 5.09. The van der Waals surface area contributed by atoms with Crippen molar-refractivity contribution >= 4 is 16.7 Å². The van der Waals surface area contributed by atoms with Crippen molar-refractivity contribution < 1.29 is 17.9 Å².